The molecule has 0 aliphatic carbocycles. The maximum Gasteiger partial charge on any atom is 0.225 e. The summed E-state index contributed by atoms with van der Waals surface area (Å²) in [5.74, 6) is 0. The third-order valence-electron chi connectivity index (χ3n) is 3.42. The van der Waals surface area contributed by atoms with E-state index >= 15 is 0 Å². The number of fused-ring (bicyclic) bond motifs is 1. The van der Waals surface area contributed by atoms with Crippen LogP contribution in [0.5, 0.6) is 0 Å². The van der Waals surface area contributed by atoms with Crippen LogP contribution in [0, 0.1) is 5.21 Å². The van der Waals surface area contributed by atoms with E-state index in [9.17, 15) is 5.21 Å². The van der Waals surface area contributed by atoms with Crippen LogP contribution in [-0.2, 0) is 0 Å². The van der Waals surface area contributed by atoms with E-state index < -0.39 is 0 Å². The van der Waals surface area contributed by atoms with Gasteiger partial charge in [-0.3, -0.25) is 0 Å². The summed E-state index contributed by atoms with van der Waals surface area (Å²) in [4.78, 5) is 2.03. The standard InChI is InChI=1S/C17H16N4O/c1-20(2)14-9-7-13(8-10-14)18-19-16-11-12-21(22)17-6-4-3-5-15(16)17/h3-12H,1-2H3. The molecule has 0 bridgehead atoms. The summed E-state index contributed by atoms with van der Waals surface area (Å²) in [6, 6.07) is 16.8. The molecule has 0 amide bonds. The Morgan fingerprint density at radius 2 is 1.64 bits per heavy atom. The van der Waals surface area contributed by atoms with Crippen molar-refractivity contribution in [3.05, 3.63) is 66.0 Å². The van der Waals surface area contributed by atoms with Gasteiger partial charge in [0, 0.05) is 31.9 Å². The van der Waals surface area contributed by atoms with Crippen LogP contribution < -0.4 is 9.63 Å². The molecule has 5 heteroatoms. The smallest absolute Gasteiger partial charge is 0.225 e. The molecule has 0 aliphatic heterocycles. The van der Waals surface area contributed by atoms with Gasteiger partial charge in [0.25, 0.3) is 0 Å². The molecule has 0 saturated carbocycles. The first-order chi connectivity index (χ1) is 10.6. The maximum absolute atomic E-state index is 11.7. The predicted molar refractivity (Wildman–Crippen MR) is 87.9 cm³/mol. The summed E-state index contributed by atoms with van der Waals surface area (Å²) < 4.78 is 0.834. The van der Waals surface area contributed by atoms with E-state index in [0.29, 0.717) is 11.2 Å². The number of nitrogens with zero attached hydrogens (tertiary/aromatic N) is 4. The van der Waals surface area contributed by atoms with Crippen LogP contribution in [0.1, 0.15) is 0 Å². The van der Waals surface area contributed by atoms with Crippen LogP contribution in [0.3, 0.4) is 0 Å². The minimum Gasteiger partial charge on any atom is -0.618 e. The lowest BCUT2D eigenvalue weighted by molar-refractivity contribution is -0.576. The van der Waals surface area contributed by atoms with Gasteiger partial charge >= 0.3 is 0 Å². The average molecular weight is 292 g/mol. The molecular weight excluding hydrogens is 276 g/mol. The Kier molecular flexibility index (Phi) is 3.70. The van der Waals surface area contributed by atoms with Gasteiger partial charge in [-0.2, -0.15) is 9.84 Å². The highest BCUT2D eigenvalue weighted by Crippen LogP contribution is 2.26. The number of aromatic nitrogens is 1. The van der Waals surface area contributed by atoms with E-state index in [1.54, 1.807) is 12.1 Å². The fraction of sp³-hybridized carbons (Fsp3) is 0.118. The molecule has 0 radical (unpaired) electrons. The third kappa shape index (κ3) is 2.74. The predicted octanol–water partition coefficient (Wildman–Crippen LogP) is 3.95. The fourth-order valence-electron chi connectivity index (χ4n) is 2.21. The second kappa shape index (κ2) is 5.81. The van der Waals surface area contributed by atoms with Crippen molar-refractivity contribution >= 4 is 28.0 Å². The zero-order valence-corrected chi connectivity index (χ0v) is 12.5. The molecule has 0 aliphatic rings. The Hall–Kier alpha value is -2.95. The van der Waals surface area contributed by atoms with E-state index in [1.807, 2.05) is 61.5 Å². The van der Waals surface area contributed by atoms with Gasteiger partial charge in [0.1, 0.15) is 5.69 Å². The van der Waals surface area contributed by atoms with Crippen LogP contribution in [0.25, 0.3) is 10.9 Å². The van der Waals surface area contributed by atoms with Crippen LogP contribution in [0.2, 0.25) is 0 Å². The summed E-state index contributed by atoms with van der Waals surface area (Å²) >= 11 is 0. The molecule has 110 valence electrons. The van der Waals surface area contributed by atoms with E-state index in [0.717, 1.165) is 21.5 Å². The third-order valence-corrected chi connectivity index (χ3v) is 3.42. The second-order valence-electron chi connectivity index (χ2n) is 5.15. The number of hydrogen-bond acceptors (Lipinski definition) is 4. The highest BCUT2D eigenvalue weighted by atomic mass is 16.5. The van der Waals surface area contributed by atoms with Crippen LogP contribution in [0.4, 0.5) is 17.1 Å². The summed E-state index contributed by atoms with van der Waals surface area (Å²) in [7, 11) is 3.98. The van der Waals surface area contributed by atoms with Crippen molar-refractivity contribution in [3.8, 4) is 0 Å². The Balaban J connectivity index is 1.94. The quantitative estimate of drug-likeness (QED) is 0.417. The molecule has 0 spiro atoms. The minimum atomic E-state index is 0.585. The van der Waals surface area contributed by atoms with Gasteiger partial charge < -0.3 is 10.1 Å². The Morgan fingerprint density at radius 3 is 2.36 bits per heavy atom. The summed E-state index contributed by atoms with van der Waals surface area (Å²) in [6.07, 6.45) is 1.45. The number of benzene rings is 2. The Morgan fingerprint density at radius 1 is 0.909 bits per heavy atom. The summed E-state index contributed by atoms with van der Waals surface area (Å²) in [5.41, 5.74) is 3.14. The molecule has 0 fully saturated rings. The van der Waals surface area contributed by atoms with Crippen molar-refractivity contribution in [3.63, 3.8) is 0 Å². The highest BCUT2D eigenvalue weighted by molar-refractivity contribution is 5.87. The number of pyridine rings is 1. The molecular formula is C17H16N4O. The van der Waals surface area contributed by atoms with Crippen LogP contribution >= 0.6 is 0 Å². The Bertz CT molecular complexity index is 826. The van der Waals surface area contributed by atoms with Gasteiger partial charge in [0.15, 0.2) is 6.20 Å². The molecule has 2 aromatic carbocycles. The first kappa shape index (κ1) is 14.0. The normalized spacial score (nSPS) is 11.2. The lowest BCUT2D eigenvalue weighted by Crippen LogP contribution is -2.25. The average Bonchev–Trinajstić information content (AvgIpc) is 2.55. The fourth-order valence-corrected chi connectivity index (χ4v) is 2.21. The Labute approximate surface area is 128 Å². The highest BCUT2D eigenvalue weighted by Gasteiger charge is 2.07. The number of azo groups is 1. The zero-order chi connectivity index (χ0) is 15.5. The number of rotatable bonds is 3. The van der Waals surface area contributed by atoms with E-state index in [1.165, 1.54) is 6.20 Å². The largest absolute Gasteiger partial charge is 0.618 e. The molecule has 3 aromatic rings. The monoisotopic (exact) mass is 292 g/mol. The lowest BCUT2D eigenvalue weighted by atomic mass is 10.2. The summed E-state index contributed by atoms with van der Waals surface area (Å²) in [5, 5.41) is 21.1. The first-order valence-electron chi connectivity index (χ1n) is 6.95. The van der Waals surface area contributed by atoms with Crippen molar-refractivity contribution in [1.82, 2.24) is 0 Å². The molecule has 0 saturated heterocycles. The van der Waals surface area contributed by atoms with Gasteiger partial charge in [0.05, 0.1) is 11.1 Å². The first-order valence-corrected chi connectivity index (χ1v) is 6.95. The van der Waals surface area contributed by atoms with Gasteiger partial charge in [-0.25, -0.2) is 0 Å². The second-order valence-corrected chi connectivity index (χ2v) is 5.15. The summed E-state index contributed by atoms with van der Waals surface area (Å²) in [6.45, 7) is 0. The van der Waals surface area contributed by atoms with Crippen molar-refractivity contribution in [2.24, 2.45) is 10.2 Å². The zero-order valence-electron chi connectivity index (χ0n) is 12.5. The minimum absolute atomic E-state index is 0.585. The van der Waals surface area contributed by atoms with Gasteiger partial charge in [-0.1, -0.05) is 12.1 Å². The van der Waals surface area contributed by atoms with Gasteiger partial charge in [-0.05, 0) is 30.3 Å². The molecule has 0 atom stereocenters. The molecule has 0 unspecified atom stereocenters. The SMILES string of the molecule is CN(C)c1ccc(N=Nc2cc[n+]([O-])c3ccccc23)cc1. The van der Waals surface area contributed by atoms with Crippen molar-refractivity contribution in [1.29, 1.82) is 0 Å². The van der Waals surface area contributed by atoms with E-state index in [2.05, 4.69) is 10.2 Å². The number of anilines is 1. The van der Waals surface area contributed by atoms with Crippen molar-refractivity contribution < 1.29 is 4.73 Å². The van der Waals surface area contributed by atoms with Gasteiger partial charge in [0.2, 0.25) is 5.52 Å². The van der Waals surface area contributed by atoms with Crippen molar-refractivity contribution in [2.75, 3.05) is 19.0 Å². The van der Waals surface area contributed by atoms with Gasteiger partial charge in [-0.15, -0.1) is 5.11 Å². The number of hydrogen-bond donors (Lipinski definition) is 0. The van der Waals surface area contributed by atoms with E-state index in [-0.39, 0.29) is 0 Å². The number of para-hydroxylation sites is 1. The van der Waals surface area contributed by atoms with Crippen LogP contribution in [0.15, 0.2) is 71.0 Å². The molecule has 3 rings (SSSR count). The molecule has 1 aromatic heterocycles. The maximum atomic E-state index is 11.7. The topological polar surface area (TPSA) is 54.9 Å². The molecule has 1 heterocycles. The lowest BCUT2D eigenvalue weighted by Gasteiger charge is -2.11. The van der Waals surface area contributed by atoms with E-state index in [4.69, 9.17) is 0 Å². The van der Waals surface area contributed by atoms with Crippen molar-refractivity contribution in [2.45, 2.75) is 0 Å². The molecule has 22 heavy (non-hydrogen) atoms. The molecule has 0 N–H and O–H groups in total. The molecule has 5 nitrogen and oxygen atoms in total. The van der Waals surface area contributed by atoms with Crippen LogP contribution in [-0.4, -0.2) is 14.1 Å².